The number of hydrogen-bond donors (Lipinski definition) is 1. The van der Waals surface area contributed by atoms with Gasteiger partial charge in [0, 0.05) is 17.5 Å². The Labute approximate surface area is 121 Å². The zero-order valence-corrected chi connectivity index (χ0v) is 12.6. The minimum Gasteiger partial charge on any atom is -0.317 e. The lowest BCUT2D eigenvalue weighted by molar-refractivity contribution is 0.405. The van der Waals surface area contributed by atoms with Crippen molar-refractivity contribution in [2.45, 2.75) is 24.9 Å². The number of halogens is 2. The Morgan fingerprint density at radius 1 is 1.50 bits per heavy atom. The predicted molar refractivity (Wildman–Crippen MR) is 75.9 cm³/mol. The molecule has 1 aliphatic rings. The third kappa shape index (κ3) is 4.16. The summed E-state index contributed by atoms with van der Waals surface area (Å²) in [5.74, 6) is 1.14. The van der Waals surface area contributed by atoms with E-state index in [2.05, 4.69) is 15.3 Å². The van der Waals surface area contributed by atoms with Crippen molar-refractivity contribution in [1.29, 1.82) is 0 Å². The molecule has 1 unspecified atom stereocenters. The van der Waals surface area contributed by atoms with Crippen LogP contribution in [0.2, 0.25) is 5.15 Å². The van der Waals surface area contributed by atoms with Crippen LogP contribution in [0.1, 0.15) is 18.4 Å². The van der Waals surface area contributed by atoms with Crippen LogP contribution >= 0.6 is 24.0 Å². The molecular formula is C11H17Cl2N3OS. The molecule has 2 rings (SSSR count). The number of piperidine rings is 1. The van der Waals surface area contributed by atoms with E-state index in [1.807, 2.05) is 6.92 Å². The van der Waals surface area contributed by atoms with Gasteiger partial charge < -0.3 is 5.32 Å². The second-order valence-electron chi connectivity index (χ2n) is 4.33. The second kappa shape index (κ2) is 7.38. The van der Waals surface area contributed by atoms with E-state index < -0.39 is 10.8 Å². The van der Waals surface area contributed by atoms with Gasteiger partial charge in [0.25, 0.3) is 0 Å². The average molecular weight is 310 g/mol. The second-order valence-corrected chi connectivity index (χ2v) is 6.08. The van der Waals surface area contributed by atoms with Gasteiger partial charge in [-0.25, -0.2) is 9.97 Å². The lowest BCUT2D eigenvalue weighted by atomic mass is 10.0. The summed E-state index contributed by atoms with van der Waals surface area (Å²) < 4.78 is 12.1. The summed E-state index contributed by atoms with van der Waals surface area (Å²) >= 11 is 5.91. The highest BCUT2D eigenvalue weighted by molar-refractivity contribution is 7.84. The Hall–Kier alpha value is -0.230. The molecule has 1 fully saturated rings. The van der Waals surface area contributed by atoms with Crippen molar-refractivity contribution < 1.29 is 4.21 Å². The highest BCUT2D eigenvalue weighted by Gasteiger charge is 2.18. The van der Waals surface area contributed by atoms with E-state index in [1.54, 1.807) is 6.20 Å². The van der Waals surface area contributed by atoms with Crippen molar-refractivity contribution in [2.75, 3.05) is 18.8 Å². The maximum Gasteiger partial charge on any atom is 0.219 e. The molecule has 1 atom stereocenters. The molecule has 0 aromatic carbocycles. The van der Waals surface area contributed by atoms with Gasteiger partial charge in [-0.3, -0.25) is 4.21 Å². The third-order valence-corrected chi connectivity index (χ3v) is 4.70. The maximum absolute atomic E-state index is 12.1. The molecule has 0 spiro atoms. The predicted octanol–water partition coefficient (Wildman–Crippen LogP) is 1.97. The minimum atomic E-state index is -1.13. The van der Waals surface area contributed by atoms with Crippen LogP contribution in [0.5, 0.6) is 0 Å². The Morgan fingerprint density at radius 2 is 2.17 bits per heavy atom. The van der Waals surface area contributed by atoms with Gasteiger partial charge in [0.1, 0.15) is 5.15 Å². The summed E-state index contributed by atoms with van der Waals surface area (Å²) in [6, 6.07) is 0. The minimum absolute atomic E-state index is 0. The first-order chi connectivity index (χ1) is 8.16. The van der Waals surface area contributed by atoms with Gasteiger partial charge in [0.05, 0.1) is 10.8 Å². The Morgan fingerprint density at radius 3 is 2.78 bits per heavy atom. The van der Waals surface area contributed by atoms with Crippen molar-refractivity contribution in [3.05, 3.63) is 16.9 Å². The number of aryl methyl sites for hydroxylation is 1. The van der Waals surface area contributed by atoms with E-state index in [-0.39, 0.29) is 12.4 Å². The first kappa shape index (κ1) is 15.8. The zero-order chi connectivity index (χ0) is 12.3. The smallest absolute Gasteiger partial charge is 0.219 e. The van der Waals surface area contributed by atoms with Crippen LogP contribution in [0.3, 0.4) is 0 Å². The van der Waals surface area contributed by atoms with E-state index in [9.17, 15) is 4.21 Å². The Balaban J connectivity index is 0.00000162. The SMILES string of the molecule is Cc1cnc(S(=O)CC2CCNCC2)nc1Cl.Cl. The molecule has 102 valence electrons. The number of nitrogens with one attached hydrogen (secondary N) is 1. The molecule has 1 aromatic heterocycles. The van der Waals surface area contributed by atoms with Crippen LogP contribution in [0.4, 0.5) is 0 Å². The lowest BCUT2D eigenvalue weighted by Crippen LogP contribution is -2.30. The monoisotopic (exact) mass is 309 g/mol. The van der Waals surface area contributed by atoms with Crippen LogP contribution in [0, 0.1) is 12.8 Å². The molecule has 0 saturated carbocycles. The fourth-order valence-corrected chi connectivity index (χ4v) is 3.31. The molecule has 7 heteroatoms. The normalized spacial score (nSPS) is 18.1. The highest BCUT2D eigenvalue weighted by Crippen LogP contribution is 2.17. The summed E-state index contributed by atoms with van der Waals surface area (Å²) in [5, 5.41) is 4.05. The van der Waals surface area contributed by atoms with Crippen molar-refractivity contribution in [3.63, 3.8) is 0 Å². The molecule has 1 N–H and O–H groups in total. The van der Waals surface area contributed by atoms with Gasteiger partial charge in [-0.15, -0.1) is 12.4 Å². The topological polar surface area (TPSA) is 54.9 Å². The molecule has 1 aliphatic heterocycles. The number of rotatable bonds is 3. The fourth-order valence-electron chi connectivity index (χ4n) is 1.85. The quantitative estimate of drug-likeness (QED) is 0.685. The first-order valence-corrected chi connectivity index (χ1v) is 7.44. The van der Waals surface area contributed by atoms with Crippen LogP contribution < -0.4 is 5.32 Å². The van der Waals surface area contributed by atoms with E-state index in [0.29, 0.717) is 22.0 Å². The summed E-state index contributed by atoms with van der Waals surface area (Å²) in [4.78, 5) is 8.17. The molecule has 0 radical (unpaired) electrons. The van der Waals surface area contributed by atoms with Gasteiger partial charge in [-0.1, -0.05) is 11.6 Å². The van der Waals surface area contributed by atoms with E-state index >= 15 is 0 Å². The summed E-state index contributed by atoms with van der Waals surface area (Å²) in [5.41, 5.74) is 0.814. The van der Waals surface area contributed by atoms with Crippen molar-refractivity contribution in [2.24, 2.45) is 5.92 Å². The van der Waals surface area contributed by atoms with Gasteiger partial charge in [-0.2, -0.15) is 0 Å². The van der Waals surface area contributed by atoms with Crippen LogP contribution in [0.15, 0.2) is 11.4 Å². The van der Waals surface area contributed by atoms with Gasteiger partial charge in [0.15, 0.2) is 0 Å². The zero-order valence-electron chi connectivity index (χ0n) is 10.2. The molecule has 0 bridgehead atoms. The Bertz CT molecular complexity index is 425. The lowest BCUT2D eigenvalue weighted by Gasteiger charge is -2.21. The van der Waals surface area contributed by atoms with E-state index in [0.717, 1.165) is 31.5 Å². The first-order valence-electron chi connectivity index (χ1n) is 5.75. The largest absolute Gasteiger partial charge is 0.317 e. The third-order valence-electron chi connectivity index (χ3n) is 2.94. The van der Waals surface area contributed by atoms with Crippen LogP contribution in [-0.4, -0.2) is 33.0 Å². The summed E-state index contributed by atoms with van der Waals surface area (Å²) in [7, 11) is -1.13. The van der Waals surface area contributed by atoms with Crippen molar-refractivity contribution >= 4 is 34.8 Å². The average Bonchev–Trinajstić information content (AvgIpc) is 2.34. The molecule has 2 heterocycles. The Kier molecular flexibility index (Phi) is 6.49. The maximum atomic E-state index is 12.1. The standard InChI is InChI=1S/C11H16ClN3OS.ClH/c1-8-6-14-11(15-10(8)12)17(16)7-9-2-4-13-5-3-9;/h6,9,13H,2-5,7H2,1H3;1H. The van der Waals surface area contributed by atoms with Crippen molar-refractivity contribution in [1.82, 2.24) is 15.3 Å². The molecule has 0 amide bonds. The number of nitrogens with zero attached hydrogens (tertiary/aromatic N) is 2. The summed E-state index contributed by atoms with van der Waals surface area (Å²) in [6.07, 6.45) is 3.78. The van der Waals surface area contributed by atoms with Crippen molar-refractivity contribution in [3.8, 4) is 0 Å². The fraction of sp³-hybridized carbons (Fsp3) is 0.636. The van der Waals surface area contributed by atoms with E-state index in [4.69, 9.17) is 11.6 Å². The highest BCUT2D eigenvalue weighted by atomic mass is 35.5. The molecule has 18 heavy (non-hydrogen) atoms. The van der Waals surface area contributed by atoms with E-state index in [1.165, 1.54) is 0 Å². The molecule has 4 nitrogen and oxygen atoms in total. The number of hydrogen-bond acceptors (Lipinski definition) is 4. The van der Waals surface area contributed by atoms with Gasteiger partial charge in [0.2, 0.25) is 5.16 Å². The van der Waals surface area contributed by atoms with Crippen LogP contribution in [-0.2, 0) is 10.8 Å². The van der Waals surface area contributed by atoms with Gasteiger partial charge in [-0.05, 0) is 38.8 Å². The van der Waals surface area contributed by atoms with Crippen LogP contribution in [0.25, 0.3) is 0 Å². The van der Waals surface area contributed by atoms with Gasteiger partial charge >= 0.3 is 0 Å². The molecular weight excluding hydrogens is 293 g/mol. The molecule has 1 aromatic rings. The number of aromatic nitrogens is 2. The molecule has 0 aliphatic carbocycles. The molecule has 1 saturated heterocycles. The summed E-state index contributed by atoms with van der Waals surface area (Å²) in [6.45, 7) is 3.86.